The van der Waals surface area contributed by atoms with Gasteiger partial charge < -0.3 is 10.4 Å². The van der Waals surface area contributed by atoms with Crippen molar-refractivity contribution in [1.29, 1.82) is 0 Å². The minimum Gasteiger partial charge on any atom is -0.387 e. The summed E-state index contributed by atoms with van der Waals surface area (Å²) >= 11 is 1.89. The maximum Gasteiger partial charge on any atom is 0.0889 e. The first-order valence-electron chi connectivity index (χ1n) is 6.30. The number of hydrogen-bond acceptors (Lipinski definition) is 3. The van der Waals surface area contributed by atoms with E-state index in [1.807, 2.05) is 17.8 Å². The fourth-order valence-corrected chi connectivity index (χ4v) is 3.26. The van der Waals surface area contributed by atoms with Crippen LogP contribution in [0.15, 0.2) is 12.7 Å². The summed E-state index contributed by atoms with van der Waals surface area (Å²) in [5, 5.41) is 14.3. The molecule has 1 fully saturated rings. The van der Waals surface area contributed by atoms with Crippen molar-refractivity contribution in [1.82, 2.24) is 5.32 Å². The van der Waals surface area contributed by atoms with Crippen molar-refractivity contribution < 1.29 is 5.11 Å². The Bertz CT molecular complexity index is 222. The van der Waals surface area contributed by atoms with E-state index >= 15 is 0 Å². The molecular formula is C13H25NOS. The fourth-order valence-electron chi connectivity index (χ4n) is 2.06. The highest BCUT2D eigenvalue weighted by atomic mass is 32.2. The third-order valence-corrected chi connectivity index (χ3v) is 4.78. The minimum absolute atomic E-state index is 0.441. The van der Waals surface area contributed by atoms with E-state index in [1.165, 1.54) is 0 Å². The zero-order chi connectivity index (χ0) is 12.0. The molecule has 1 saturated carbocycles. The molecule has 0 aromatic rings. The van der Waals surface area contributed by atoms with Gasteiger partial charge in [0.1, 0.15) is 0 Å². The van der Waals surface area contributed by atoms with Crippen molar-refractivity contribution in [2.45, 2.75) is 56.4 Å². The molecule has 0 aromatic heterocycles. The largest absolute Gasteiger partial charge is 0.387 e. The summed E-state index contributed by atoms with van der Waals surface area (Å²) in [5.41, 5.74) is -0.455. The summed E-state index contributed by atoms with van der Waals surface area (Å²) in [7, 11) is 0. The minimum atomic E-state index is -0.455. The topological polar surface area (TPSA) is 32.3 Å². The number of thioether (sulfide) groups is 1. The van der Waals surface area contributed by atoms with E-state index in [1.54, 1.807) is 0 Å². The van der Waals surface area contributed by atoms with Crippen LogP contribution >= 0.6 is 11.8 Å². The smallest absolute Gasteiger partial charge is 0.0889 e. The molecule has 1 rings (SSSR count). The third-order valence-electron chi connectivity index (χ3n) is 3.37. The van der Waals surface area contributed by atoms with Crippen molar-refractivity contribution >= 4 is 11.8 Å². The first kappa shape index (κ1) is 14.1. The van der Waals surface area contributed by atoms with Gasteiger partial charge in [0.2, 0.25) is 0 Å². The molecule has 0 aliphatic heterocycles. The molecular weight excluding hydrogens is 218 g/mol. The van der Waals surface area contributed by atoms with Crippen molar-refractivity contribution in [3.05, 3.63) is 12.7 Å². The first-order valence-corrected chi connectivity index (χ1v) is 7.35. The second kappa shape index (κ2) is 6.67. The lowest BCUT2D eigenvalue weighted by Crippen LogP contribution is -2.57. The Labute approximate surface area is 104 Å². The molecule has 0 heterocycles. The Hall–Kier alpha value is 0.0100. The number of aliphatic hydroxyl groups is 1. The summed E-state index contributed by atoms with van der Waals surface area (Å²) in [5.74, 6) is 1.10. The van der Waals surface area contributed by atoms with E-state index in [2.05, 4.69) is 25.7 Å². The van der Waals surface area contributed by atoms with Crippen LogP contribution in [0.1, 0.15) is 39.5 Å². The lowest BCUT2D eigenvalue weighted by molar-refractivity contribution is -0.0250. The number of nitrogens with one attached hydrogen (secondary N) is 1. The molecule has 0 spiro atoms. The van der Waals surface area contributed by atoms with Crippen molar-refractivity contribution in [3.63, 3.8) is 0 Å². The monoisotopic (exact) mass is 243 g/mol. The van der Waals surface area contributed by atoms with Crippen molar-refractivity contribution in [2.75, 3.05) is 12.3 Å². The van der Waals surface area contributed by atoms with Gasteiger partial charge >= 0.3 is 0 Å². The maximum absolute atomic E-state index is 10.4. The van der Waals surface area contributed by atoms with Gasteiger partial charge in [-0.3, -0.25) is 0 Å². The van der Waals surface area contributed by atoms with E-state index in [0.29, 0.717) is 11.3 Å². The molecule has 0 radical (unpaired) electrons. The van der Waals surface area contributed by atoms with Gasteiger partial charge in [-0.15, -0.1) is 6.58 Å². The molecule has 0 amide bonds. The van der Waals surface area contributed by atoms with Crippen molar-refractivity contribution in [3.8, 4) is 0 Å². The fraction of sp³-hybridized carbons (Fsp3) is 0.846. The van der Waals surface area contributed by atoms with Gasteiger partial charge in [-0.2, -0.15) is 11.8 Å². The second-order valence-corrected chi connectivity index (χ2v) is 6.21. The van der Waals surface area contributed by atoms with E-state index in [4.69, 9.17) is 0 Å². The summed E-state index contributed by atoms with van der Waals surface area (Å²) in [6.45, 7) is 8.79. The van der Waals surface area contributed by atoms with Crippen LogP contribution in [0.4, 0.5) is 0 Å². The zero-order valence-electron chi connectivity index (χ0n) is 10.5. The SMILES string of the molecule is C=CCCC(C)NCC1(O)CCC1SCC. The number of hydrogen-bond donors (Lipinski definition) is 2. The van der Waals surface area contributed by atoms with Gasteiger partial charge in [0, 0.05) is 17.8 Å². The Kier molecular flexibility index (Phi) is 5.87. The first-order chi connectivity index (χ1) is 7.62. The lowest BCUT2D eigenvalue weighted by Gasteiger charge is -2.45. The Morgan fingerprint density at radius 3 is 2.94 bits per heavy atom. The third kappa shape index (κ3) is 3.79. The van der Waals surface area contributed by atoms with Crippen LogP contribution in [0.5, 0.6) is 0 Å². The lowest BCUT2D eigenvalue weighted by atomic mass is 9.79. The van der Waals surface area contributed by atoms with E-state index in [9.17, 15) is 5.11 Å². The number of allylic oxidation sites excluding steroid dienone is 1. The van der Waals surface area contributed by atoms with Crippen LogP contribution in [-0.4, -0.2) is 34.3 Å². The predicted molar refractivity (Wildman–Crippen MR) is 73.0 cm³/mol. The molecule has 3 atom stereocenters. The quantitative estimate of drug-likeness (QED) is 0.643. The summed E-state index contributed by atoms with van der Waals surface area (Å²) < 4.78 is 0. The molecule has 1 aliphatic carbocycles. The van der Waals surface area contributed by atoms with Gasteiger partial charge in [0.05, 0.1) is 5.60 Å². The van der Waals surface area contributed by atoms with Crippen molar-refractivity contribution in [2.24, 2.45) is 0 Å². The van der Waals surface area contributed by atoms with Crippen LogP contribution in [0, 0.1) is 0 Å². The molecule has 3 unspecified atom stereocenters. The van der Waals surface area contributed by atoms with E-state index in [0.717, 1.165) is 38.0 Å². The molecule has 0 saturated heterocycles. The van der Waals surface area contributed by atoms with E-state index < -0.39 is 5.60 Å². The van der Waals surface area contributed by atoms with Gasteiger partial charge in [-0.1, -0.05) is 13.0 Å². The highest BCUT2D eigenvalue weighted by molar-refractivity contribution is 8.00. The summed E-state index contributed by atoms with van der Waals surface area (Å²) in [4.78, 5) is 0. The number of rotatable bonds is 8. The van der Waals surface area contributed by atoms with Gasteiger partial charge in [-0.05, 0) is 38.4 Å². The van der Waals surface area contributed by atoms with Crippen LogP contribution in [-0.2, 0) is 0 Å². The predicted octanol–water partition coefficient (Wildman–Crippen LogP) is 2.58. The average Bonchev–Trinajstić information content (AvgIpc) is 2.28. The highest BCUT2D eigenvalue weighted by Gasteiger charge is 2.44. The second-order valence-electron chi connectivity index (χ2n) is 4.73. The summed E-state index contributed by atoms with van der Waals surface area (Å²) in [6.07, 6.45) is 6.21. The molecule has 0 aromatic carbocycles. The standard InChI is InChI=1S/C13H25NOS/c1-4-6-7-11(3)14-10-13(15)9-8-12(13)16-5-2/h4,11-12,14-15H,1,5-10H2,2-3H3. The van der Waals surface area contributed by atoms with Gasteiger partial charge in [0.15, 0.2) is 0 Å². The molecule has 3 heteroatoms. The molecule has 2 N–H and O–H groups in total. The molecule has 94 valence electrons. The average molecular weight is 243 g/mol. The van der Waals surface area contributed by atoms with Gasteiger partial charge in [-0.25, -0.2) is 0 Å². The normalized spacial score (nSPS) is 30.8. The van der Waals surface area contributed by atoms with Crippen LogP contribution < -0.4 is 5.32 Å². The molecule has 0 bridgehead atoms. The van der Waals surface area contributed by atoms with Crippen LogP contribution in [0.25, 0.3) is 0 Å². The summed E-state index contributed by atoms with van der Waals surface area (Å²) in [6, 6.07) is 0.468. The molecule has 1 aliphatic rings. The Balaban J connectivity index is 2.23. The van der Waals surface area contributed by atoms with Crippen LogP contribution in [0.3, 0.4) is 0 Å². The maximum atomic E-state index is 10.4. The highest BCUT2D eigenvalue weighted by Crippen LogP contribution is 2.40. The molecule has 16 heavy (non-hydrogen) atoms. The molecule has 2 nitrogen and oxygen atoms in total. The van der Waals surface area contributed by atoms with Gasteiger partial charge in [0.25, 0.3) is 0 Å². The zero-order valence-corrected chi connectivity index (χ0v) is 11.4. The Morgan fingerprint density at radius 2 is 2.44 bits per heavy atom. The van der Waals surface area contributed by atoms with Crippen LogP contribution in [0.2, 0.25) is 0 Å². The Morgan fingerprint density at radius 1 is 1.69 bits per heavy atom. The van der Waals surface area contributed by atoms with E-state index in [-0.39, 0.29) is 0 Å².